The predicted octanol–water partition coefficient (Wildman–Crippen LogP) is 3.53. The second-order valence-electron chi connectivity index (χ2n) is 10.5. The van der Waals surface area contributed by atoms with Gasteiger partial charge in [-0.1, -0.05) is 32.1 Å². The third kappa shape index (κ3) is 7.66. The Kier molecular flexibility index (Phi) is 11.0. The molecule has 2 unspecified atom stereocenters. The lowest BCUT2D eigenvalue weighted by atomic mass is 9.69. The van der Waals surface area contributed by atoms with Gasteiger partial charge in [0.25, 0.3) is 0 Å². The number of Topliss-reactive ketones (excluding diaryl/α,β-unsaturated/α-hetero) is 1. The van der Waals surface area contributed by atoms with Gasteiger partial charge in [-0.25, -0.2) is 4.79 Å². The van der Waals surface area contributed by atoms with E-state index in [0.717, 1.165) is 32.1 Å². The number of ether oxygens (including phenoxy) is 3. The van der Waals surface area contributed by atoms with Crippen LogP contribution in [0, 0.1) is 17.3 Å². The van der Waals surface area contributed by atoms with Gasteiger partial charge in [0.05, 0.1) is 19.3 Å². The summed E-state index contributed by atoms with van der Waals surface area (Å²) in [7, 11) is 0. The summed E-state index contributed by atoms with van der Waals surface area (Å²) in [5.41, 5.74) is -2.72. The molecule has 2 aliphatic rings. The minimum atomic E-state index is -2.07. The molecule has 0 radical (unpaired) electrons. The number of ketones is 1. The van der Waals surface area contributed by atoms with Crippen molar-refractivity contribution in [2.24, 2.45) is 17.3 Å². The van der Waals surface area contributed by atoms with Crippen molar-refractivity contribution in [2.45, 2.75) is 97.6 Å². The predicted molar refractivity (Wildman–Crippen MR) is 131 cm³/mol. The monoisotopic (exact) mass is 496 g/mol. The van der Waals surface area contributed by atoms with Crippen LogP contribution in [0.25, 0.3) is 0 Å². The van der Waals surface area contributed by atoms with Crippen molar-refractivity contribution in [3.05, 3.63) is 0 Å². The maximum atomic E-state index is 14.1. The zero-order valence-corrected chi connectivity index (χ0v) is 22.1. The van der Waals surface area contributed by atoms with Crippen molar-refractivity contribution in [2.75, 3.05) is 26.3 Å². The third-order valence-electron chi connectivity index (χ3n) is 6.87. The number of nitrogens with one attached hydrogen (secondary N) is 2. The van der Waals surface area contributed by atoms with Gasteiger partial charge in [-0.3, -0.25) is 14.4 Å². The van der Waals surface area contributed by atoms with Crippen molar-refractivity contribution in [1.82, 2.24) is 10.6 Å². The maximum absolute atomic E-state index is 14.1. The highest BCUT2D eigenvalue weighted by atomic mass is 16.6. The summed E-state index contributed by atoms with van der Waals surface area (Å²) in [6.45, 7) is 9.43. The largest absolute Gasteiger partial charge is 0.465 e. The maximum Gasteiger partial charge on any atom is 0.407 e. The van der Waals surface area contributed by atoms with Gasteiger partial charge in [0, 0.05) is 6.54 Å². The molecule has 1 heterocycles. The summed E-state index contributed by atoms with van der Waals surface area (Å²) in [4.78, 5) is 52.7. The Morgan fingerprint density at radius 3 is 2.06 bits per heavy atom. The van der Waals surface area contributed by atoms with Gasteiger partial charge in [0.15, 0.2) is 5.78 Å². The molecular formula is C26H44N2O7. The first-order chi connectivity index (χ1) is 16.6. The number of carbonyl (C=O) groups excluding carboxylic acids is 4. The van der Waals surface area contributed by atoms with Crippen LogP contribution in [0.4, 0.5) is 4.79 Å². The lowest BCUT2D eigenvalue weighted by Crippen LogP contribution is -2.56. The molecule has 200 valence electrons. The molecule has 1 amide bonds. The number of hydrogen-bond acceptors (Lipinski definition) is 8. The zero-order chi connectivity index (χ0) is 26.1. The molecule has 35 heavy (non-hydrogen) atoms. The first-order valence-electron chi connectivity index (χ1n) is 13.2. The molecule has 0 aromatic heterocycles. The van der Waals surface area contributed by atoms with Crippen molar-refractivity contribution in [3.8, 4) is 0 Å². The van der Waals surface area contributed by atoms with Crippen LogP contribution < -0.4 is 10.6 Å². The Morgan fingerprint density at radius 2 is 1.51 bits per heavy atom. The van der Waals surface area contributed by atoms with Crippen molar-refractivity contribution >= 4 is 23.8 Å². The molecule has 2 rings (SSSR count). The van der Waals surface area contributed by atoms with E-state index in [0.29, 0.717) is 12.5 Å². The molecule has 0 spiro atoms. The number of rotatable bonds is 11. The molecule has 0 aromatic carbocycles. The SMILES string of the molecule is CCOC(=O)C(CCCNC(=O)OC(C)(C)C)(C(=O)OCC)C(=O)C1NCCC1C1CCCCC1. The molecular weight excluding hydrogens is 452 g/mol. The smallest absolute Gasteiger partial charge is 0.407 e. The van der Waals surface area contributed by atoms with E-state index < -0.39 is 40.9 Å². The van der Waals surface area contributed by atoms with E-state index >= 15 is 0 Å². The molecule has 1 saturated carbocycles. The highest BCUT2D eigenvalue weighted by Gasteiger charge is 2.58. The van der Waals surface area contributed by atoms with Crippen molar-refractivity contribution < 1.29 is 33.4 Å². The summed E-state index contributed by atoms with van der Waals surface area (Å²) in [5, 5.41) is 5.91. The molecule has 2 atom stereocenters. The van der Waals surface area contributed by atoms with Crippen LogP contribution in [0.5, 0.6) is 0 Å². The van der Waals surface area contributed by atoms with E-state index in [9.17, 15) is 19.2 Å². The van der Waals surface area contributed by atoms with E-state index in [-0.39, 0.29) is 38.5 Å². The fourth-order valence-electron chi connectivity index (χ4n) is 5.32. The van der Waals surface area contributed by atoms with Crippen molar-refractivity contribution in [3.63, 3.8) is 0 Å². The molecule has 1 saturated heterocycles. The number of alkyl carbamates (subject to hydrolysis) is 1. The van der Waals surface area contributed by atoms with Gasteiger partial charge in [-0.2, -0.15) is 0 Å². The molecule has 1 aliphatic carbocycles. The van der Waals surface area contributed by atoms with Gasteiger partial charge in [-0.15, -0.1) is 0 Å². The molecule has 0 bridgehead atoms. The average molecular weight is 497 g/mol. The van der Waals surface area contributed by atoms with Gasteiger partial charge < -0.3 is 24.8 Å². The Bertz CT molecular complexity index is 722. The van der Waals surface area contributed by atoms with E-state index in [4.69, 9.17) is 14.2 Å². The normalized spacial score (nSPS) is 21.3. The highest BCUT2D eigenvalue weighted by Crippen LogP contribution is 2.40. The number of carbonyl (C=O) groups is 4. The minimum Gasteiger partial charge on any atom is -0.465 e. The lowest BCUT2D eigenvalue weighted by molar-refractivity contribution is -0.176. The van der Waals surface area contributed by atoms with E-state index in [1.165, 1.54) is 6.42 Å². The lowest BCUT2D eigenvalue weighted by Gasteiger charge is -2.35. The second-order valence-corrected chi connectivity index (χ2v) is 10.5. The second kappa shape index (κ2) is 13.2. The summed E-state index contributed by atoms with van der Waals surface area (Å²) < 4.78 is 15.8. The Hall–Kier alpha value is -2.16. The Balaban J connectivity index is 2.26. The third-order valence-corrected chi connectivity index (χ3v) is 6.87. The van der Waals surface area contributed by atoms with E-state index in [1.54, 1.807) is 34.6 Å². The van der Waals surface area contributed by atoms with Crippen LogP contribution in [0.1, 0.15) is 86.0 Å². The fraction of sp³-hybridized carbons (Fsp3) is 0.846. The van der Waals surface area contributed by atoms with Crippen LogP contribution in [0.3, 0.4) is 0 Å². The van der Waals surface area contributed by atoms with Gasteiger partial charge in [0.2, 0.25) is 5.41 Å². The molecule has 9 heteroatoms. The van der Waals surface area contributed by atoms with Crippen molar-refractivity contribution in [1.29, 1.82) is 0 Å². The molecule has 0 aromatic rings. The van der Waals surface area contributed by atoms with Crippen LogP contribution in [-0.4, -0.2) is 61.8 Å². The number of amides is 1. The van der Waals surface area contributed by atoms with Crippen LogP contribution in [-0.2, 0) is 28.6 Å². The first-order valence-corrected chi connectivity index (χ1v) is 13.2. The summed E-state index contributed by atoms with van der Waals surface area (Å²) in [6.07, 6.45) is 5.91. The summed E-state index contributed by atoms with van der Waals surface area (Å²) >= 11 is 0. The summed E-state index contributed by atoms with van der Waals surface area (Å²) in [6, 6.07) is -0.606. The van der Waals surface area contributed by atoms with Gasteiger partial charge in [-0.05, 0) is 72.3 Å². The van der Waals surface area contributed by atoms with Gasteiger partial charge in [0.1, 0.15) is 5.60 Å². The molecule has 2 N–H and O–H groups in total. The zero-order valence-electron chi connectivity index (χ0n) is 22.1. The summed E-state index contributed by atoms with van der Waals surface area (Å²) in [5.74, 6) is -1.76. The Morgan fingerprint density at radius 1 is 0.914 bits per heavy atom. The molecule has 1 aliphatic heterocycles. The highest BCUT2D eigenvalue weighted by molar-refractivity contribution is 6.21. The molecule has 9 nitrogen and oxygen atoms in total. The fourth-order valence-corrected chi connectivity index (χ4v) is 5.32. The first kappa shape index (κ1) is 29.1. The topological polar surface area (TPSA) is 120 Å². The van der Waals surface area contributed by atoms with Gasteiger partial charge >= 0.3 is 18.0 Å². The standard InChI is InChI=1S/C26H44N2O7/c1-6-33-22(30)26(23(31)34-7-2,15-11-16-28-24(32)35-25(3,4)5)21(29)20-19(14-17-27-20)18-12-9-8-10-13-18/h18-20,27H,6-17H2,1-5H3,(H,28,32). The minimum absolute atomic E-state index is 0.0353. The van der Waals surface area contributed by atoms with Crippen LogP contribution >= 0.6 is 0 Å². The van der Waals surface area contributed by atoms with Crippen LogP contribution in [0.15, 0.2) is 0 Å². The molecule has 2 fully saturated rings. The quantitative estimate of drug-likeness (QED) is 0.193. The number of hydrogen-bond donors (Lipinski definition) is 2. The van der Waals surface area contributed by atoms with Crippen LogP contribution in [0.2, 0.25) is 0 Å². The number of esters is 2. The van der Waals surface area contributed by atoms with E-state index in [2.05, 4.69) is 10.6 Å². The van der Waals surface area contributed by atoms with E-state index in [1.807, 2.05) is 0 Å². The average Bonchev–Trinajstić information content (AvgIpc) is 3.28. The Labute approximate surface area is 209 Å².